The SMILES string of the molecule is CCOc1ccc(/C=N\Nc2nc(C(C)C)cc(=O)[nH]2)cc1Cl. The number of halogens is 1. The average Bonchev–Trinajstić information content (AvgIpc) is 2.49. The summed E-state index contributed by atoms with van der Waals surface area (Å²) in [7, 11) is 0. The van der Waals surface area contributed by atoms with Crippen LogP contribution in [0.2, 0.25) is 5.02 Å². The van der Waals surface area contributed by atoms with Crippen molar-refractivity contribution in [2.24, 2.45) is 5.10 Å². The van der Waals surface area contributed by atoms with Crippen molar-refractivity contribution in [1.29, 1.82) is 0 Å². The van der Waals surface area contributed by atoms with Crippen molar-refractivity contribution in [3.8, 4) is 5.75 Å². The molecule has 0 saturated heterocycles. The predicted molar refractivity (Wildman–Crippen MR) is 92.8 cm³/mol. The predicted octanol–water partition coefficient (Wildman–Crippen LogP) is 3.39. The Morgan fingerprint density at radius 3 is 2.87 bits per heavy atom. The zero-order chi connectivity index (χ0) is 16.8. The first-order chi connectivity index (χ1) is 11.0. The summed E-state index contributed by atoms with van der Waals surface area (Å²) in [6.45, 7) is 6.39. The van der Waals surface area contributed by atoms with Gasteiger partial charge in [-0.2, -0.15) is 5.10 Å². The lowest BCUT2D eigenvalue weighted by Crippen LogP contribution is -2.12. The monoisotopic (exact) mass is 334 g/mol. The van der Waals surface area contributed by atoms with Crippen LogP contribution in [0.4, 0.5) is 5.95 Å². The van der Waals surface area contributed by atoms with Gasteiger partial charge in [-0.3, -0.25) is 9.78 Å². The molecule has 0 aliphatic carbocycles. The molecule has 0 atom stereocenters. The Labute approximate surface area is 139 Å². The number of benzene rings is 1. The quantitative estimate of drug-likeness (QED) is 0.627. The van der Waals surface area contributed by atoms with Gasteiger partial charge in [0.15, 0.2) is 0 Å². The van der Waals surface area contributed by atoms with Crippen LogP contribution in [0.5, 0.6) is 5.75 Å². The number of nitrogens with zero attached hydrogens (tertiary/aromatic N) is 2. The molecular weight excluding hydrogens is 316 g/mol. The lowest BCUT2D eigenvalue weighted by Gasteiger charge is -2.06. The molecule has 0 aliphatic heterocycles. The van der Waals surface area contributed by atoms with Crippen LogP contribution in [0, 0.1) is 0 Å². The van der Waals surface area contributed by atoms with Gasteiger partial charge in [-0.05, 0) is 36.6 Å². The summed E-state index contributed by atoms with van der Waals surface area (Å²) in [6.07, 6.45) is 1.59. The third kappa shape index (κ3) is 4.82. The first kappa shape index (κ1) is 17.0. The fourth-order valence-electron chi connectivity index (χ4n) is 1.86. The molecule has 0 spiro atoms. The zero-order valence-electron chi connectivity index (χ0n) is 13.3. The Morgan fingerprint density at radius 1 is 1.43 bits per heavy atom. The maximum absolute atomic E-state index is 11.6. The van der Waals surface area contributed by atoms with Crippen LogP contribution < -0.4 is 15.7 Å². The van der Waals surface area contributed by atoms with E-state index in [2.05, 4.69) is 20.5 Å². The van der Waals surface area contributed by atoms with Gasteiger partial charge in [0.25, 0.3) is 5.56 Å². The number of ether oxygens (including phenoxy) is 1. The minimum Gasteiger partial charge on any atom is -0.492 e. The maximum Gasteiger partial charge on any atom is 0.252 e. The highest BCUT2D eigenvalue weighted by Crippen LogP contribution is 2.24. The van der Waals surface area contributed by atoms with Gasteiger partial charge in [-0.15, -0.1) is 0 Å². The number of H-pyrrole nitrogens is 1. The van der Waals surface area contributed by atoms with Crippen LogP contribution in [0.15, 0.2) is 34.2 Å². The number of nitrogens with one attached hydrogen (secondary N) is 2. The number of hydrogen-bond acceptors (Lipinski definition) is 5. The van der Waals surface area contributed by atoms with E-state index in [0.717, 1.165) is 5.56 Å². The molecule has 2 N–H and O–H groups in total. The number of aromatic nitrogens is 2. The number of hydrogen-bond donors (Lipinski definition) is 2. The minimum atomic E-state index is -0.217. The number of aromatic amines is 1. The fourth-order valence-corrected chi connectivity index (χ4v) is 2.11. The fraction of sp³-hybridized carbons (Fsp3) is 0.312. The molecule has 6 nitrogen and oxygen atoms in total. The highest BCUT2D eigenvalue weighted by molar-refractivity contribution is 6.32. The van der Waals surface area contributed by atoms with E-state index in [0.29, 0.717) is 29.0 Å². The highest BCUT2D eigenvalue weighted by Gasteiger charge is 2.04. The zero-order valence-corrected chi connectivity index (χ0v) is 14.0. The van der Waals surface area contributed by atoms with Gasteiger partial charge in [-0.1, -0.05) is 25.4 Å². The molecule has 0 bridgehead atoms. The summed E-state index contributed by atoms with van der Waals surface area (Å²) in [5, 5.41) is 4.58. The molecular formula is C16H19ClN4O2. The van der Waals surface area contributed by atoms with E-state index in [1.165, 1.54) is 6.07 Å². The summed E-state index contributed by atoms with van der Waals surface area (Å²) in [6, 6.07) is 6.85. The summed E-state index contributed by atoms with van der Waals surface area (Å²) in [4.78, 5) is 18.5. The smallest absolute Gasteiger partial charge is 0.252 e. The molecule has 2 rings (SSSR count). The Balaban J connectivity index is 2.10. The third-order valence-corrected chi connectivity index (χ3v) is 3.29. The third-order valence-electron chi connectivity index (χ3n) is 2.99. The highest BCUT2D eigenvalue weighted by atomic mass is 35.5. The molecule has 0 radical (unpaired) electrons. The van der Waals surface area contributed by atoms with Crippen LogP contribution in [-0.2, 0) is 0 Å². The molecule has 2 aromatic rings. The summed E-state index contributed by atoms with van der Waals surface area (Å²) >= 11 is 6.11. The molecule has 0 unspecified atom stereocenters. The Morgan fingerprint density at radius 2 is 2.22 bits per heavy atom. The molecule has 0 saturated carbocycles. The minimum absolute atomic E-state index is 0.159. The second kappa shape index (κ2) is 7.78. The van der Waals surface area contributed by atoms with E-state index in [1.807, 2.05) is 26.8 Å². The molecule has 1 heterocycles. The summed E-state index contributed by atoms with van der Waals surface area (Å²) in [5.74, 6) is 1.09. The number of rotatable bonds is 6. The van der Waals surface area contributed by atoms with Crippen molar-refractivity contribution < 1.29 is 4.74 Å². The van der Waals surface area contributed by atoms with E-state index >= 15 is 0 Å². The summed E-state index contributed by atoms with van der Waals surface area (Å²) in [5.41, 5.74) is 4.00. The van der Waals surface area contributed by atoms with Crippen molar-refractivity contribution in [2.75, 3.05) is 12.0 Å². The van der Waals surface area contributed by atoms with Gasteiger partial charge >= 0.3 is 0 Å². The maximum atomic E-state index is 11.6. The second-order valence-electron chi connectivity index (χ2n) is 5.17. The van der Waals surface area contributed by atoms with E-state index in [-0.39, 0.29) is 11.5 Å². The molecule has 0 aliphatic rings. The first-order valence-corrected chi connectivity index (χ1v) is 7.70. The van der Waals surface area contributed by atoms with Gasteiger partial charge < -0.3 is 4.74 Å². The van der Waals surface area contributed by atoms with Gasteiger partial charge in [0.2, 0.25) is 5.95 Å². The van der Waals surface area contributed by atoms with Gasteiger partial charge in [0.05, 0.1) is 23.5 Å². The van der Waals surface area contributed by atoms with E-state index in [1.54, 1.807) is 18.3 Å². The largest absolute Gasteiger partial charge is 0.492 e. The molecule has 1 aromatic carbocycles. The molecule has 0 amide bonds. The van der Waals surface area contributed by atoms with E-state index in [4.69, 9.17) is 16.3 Å². The Bertz CT molecular complexity index is 756. The molecule has 7 heteroatoms. The van der Waals surface area contributed by atoms with E-state index in [9.17, 15) is 4.79 Å². The Kier molecular flexibility index (Phi) is 5.76. The van der Waals surface area contributed by atoms with Gasteiger partial charge in [0, 0.05) is 6.07 Å². The van der Waals surface area contributed by atoms with Crippen LogP contribution in [0.25, 0.3) is 0 Å². The number of hydrazone groups is 1. The lowest BCUT2D eigenvalue weighted by molar-refractivity contribution is 0.340. The normalized spacial score (nSPS) is 11.2. The topological polar surface area (TPSA) is 79.4 Å². The molecule has 1 aromatic heterocycles. The standard InChI is InChI=1S/C16H19ClN4O2/c1-4-23-14-6-5-11(7-12(14)17)9-18-21-16-19-13(10(2)3)8-15(22)20-16/h5-10H,4H2,1-3H3,(H2,19,20,21,22)/b18-9-. The molecule has 0 fully saturated rings. The lowest BCUT2D eigenvalue weighted by atomic mass is 10.1. The number of anilines is 1. The van der Waals surface area contributed by atoms with Gasteiger partial charge in [-0.25, -0.2) is 10.4 Å². The first-order valence-electron chi connectivity index (χ1n) is 7.32. The van der Waals surface area contributed by atoms with E-state index < -0.39 is 0 Å². The van der Waals surface area contributed by atoms with Crippen molar-refractivity contribution in [2.45, 2.75) is 26.7 Å². The van der Waals surface area contributed by atoms with Crippen molar-refractivity contribution >= 4 is 23.8 Å². The van der Waals surface area contributed by atoms with Crippen LogP contribution in [0.3, 0.4) is 0 Å². The average molecular weight is 335 g/mol. The van der Waals surface area contributed by atoms with Crippen molar-refractivity contribution in [1.82, 2.24) is 9.97 Å². The van der Waals surface area contributed by atoms with Gasteiger partial charge in [0.1, 0.15) is 5.75 Å². The van der Waals surface area contributed by atoms with Crippen LogP contribution in [-0.4, -0.2) is 22.8 Å². The summed E-state index contributed by atoms with van der Waals surface area (Å²) < 4.78 is 5.37. The Hall–Kier alpha value is -2.34. The van der Waals surface area contributed by atoms with Crippen LogP contribution in [0.1, 0.15) is 37.9 Å². The van der Waals surface area contributed by atoms with Crippen LogP contribution >= 0.6 is 11.6 Å². The molecule has 122 valence electrons. The van der Waals surface area contributed by atoms with Crippen molar-refractivity contribution in [3.63, 3.8) is 0 Å². The molecule has 23 heavy (non-hydrogen) atoms. The van der Waals surface area contributed by atoms with Crippen molar-refractivity contribution in [3.05, 3.63) is 50.9 Å². The second-order valence-corrected chi connectivity index (χ2v) is 5.57.